The second-order valence-electron chi connectivity index (χ2n) is 0.649. The van der Waals surface area contributed by atoms with Crippen molar-refractivity contribution in [3.63, 3.8) is 0 Å². The first-order chi connectivity index (χ1) is 3.81. The molecule has 6 heteroatoms. The van der Waals surface area contributed by atoms with Crippen LogP contribution in [-0.4, -0.2) is 4.32 Å². The van der Waals surface area contributed by atoms with Gasteiger partial charge in [0.2, 0.25) is 0 Å². The SMILES string of the molecule is N#CSC(=S)N=[N+]=[N-]. The molecule has 0 saturated carbocycles. The van der Waals surface area contributed by atoms with Crippen molar-refractivity contribution in [3.8, 4) is 5.40 Å². The normalized spacial score (nSPS) is 6.38. The van der Waals surface area contributed by atoms with E-state index in [0.717, 1.165) is 0 Å². The molecule has 0 aromatic heterocycles. The molecule has 0 amide bonds. The summed E-state index contributed by atoms with van der Waals surface area (Å²) in [4.78, 5) is 2.37. The lowest BCUT2D eigenvalue weighted by atomic mass is 11.5. The van der Waals surface area contributed by atoms with Crippen molar-refractivity contribution in [1.29, 1.82) is 5.26 Å². The summed E-state index contributed by atoms with van der Waals surface area (Å²) in [5.41, 5.74) is 7.71. The maximum atomic E-state index is 7.91. The highest BCUT2D eigenvalue weighted by Gasteiger charge is 1.86. The lowest BCUT2D eigenvalue weighted by molar-refractivity contribution is 1.57. The number of thiocarbonyl (C=S) groups is 1. The van der Waals surface area contributed by atoms with E-state index in [1.54, 1.807) is 5.40 Å². The molecular weight excluding hydrogens is 144 g/mol. The molecule has 0 bridgehead atoms. The van der Waals surface area contributed by atoms with E-state index in [0.29, 0.717) is 11.8 Å². The van der Waals surface area contributed by atoms with Gasteiger partial charge in [-0.05, 0) is 10.6 Å². The summed E-state index contributed by atoms with van der Waals surface area (Å²) >= 11 is 5.04. The van der Waals surface area contributed by atoms with Crippen molar-refractivity contribution < 1.29 is 0 Å². The molecule has 0 spiro atoms. The van der Waals surface area contributed by atoms with E-state index in [-0.39, 0.29) is 4.32 Å². The highest BCUT2D eigenvalue weighted by molar-refractivity contribution is 8.26. The van der Waals surface area contributed by atoms with Crippen LogP contribution in [0.5, 0.6) is 0 Å². The molecule has 0 aliphatic heterocycles. The van der Waals surface area contributed by atoms with E-state index in [1.165, 1.54) is 0 Å². The quantitative estimate of drug-likeness (QED) is 0.171. The Morgan fingerprint density at radius 1 is 2.00 bits per heavy atom. The summed E-state index contributed by atoms with van der Waals surface area (Å²) in [5.74, 6) is 0. The van der Waals surface area contributed by atoms with E-state index in [2.05, 4.69) is 22.2 Å². The Kier molecular flexibility index (Phi) is 3.98. The molecule has 0 atom stereocenters. The van der Waals surface area contributed by atoms with Gasteiger partial charge in [-0.3, -0.25) is 0 Å². The minimum absolute atomic E-state index is 0.00926. The van der Waals surface area contributed by atoms with Gasteiger partial charge in [0.15, 0.2) is 0 Å². The smallest absolute Gasteiger partial charge is 0.148 e. The van der Waals surface area contributed by atoms with Gasteiger partial charge in [-0.1, -0.05) is 12.2 Å². The molecule has 0 saturated heterocycles. The molecule has 8 heavy (non-hydrogen) atoms. The Bertz CT molecular complexity index is 173. The van der Waals surface area contributed by atoms with Gasteiger partial charge in [0.1, 0.15) is 9.72 Å². The van der Waals surface area contributed by atoms with Crippen LogP contribution >= 0.6 is 24.0 Å². The number of thioether (sulfide) groups is 1. The third-order valence-corrected chi connectivity index (χ3v) is 0.939. The number of azide groups is 1. The van der Waals surface area contributed by atoms with Crippen LogP contribution in [-0.2, 0) is 0 Å². The molecule has 0 aromatic rings. The molecular formula is C2N4S2. The second kappa shape index (κ2) is 4.40. The number of nitriles is 1. The highest BCUT2D eigenvalue weighted by Crippen LogP contribution is 2.01. The molecule has 0 N–H and O–H groups in total. The van der Waals surface area contributed by atoms with Crippen molar-refractivity contribution in [2.75, 3.05) is 0 Å². The second-order valence-corrected chi connectivity index (χ2v) is 2.07. The van der Waals surface area contributed by atoms with Crippen LogP contribution in [0.1, 0.15) is 0 Å². The predicted molar refractivity (Wildman–Crippen MR) is 34.9 cm³/mol. The number of thiocyanates is 1. The zero-order valence-electron chi connectivity index (χ0n) is 3.61. The minimum atomic E-state index is 0.00926. The first-order valence-corrected chi connectivity index (χ1v) is 2.68. The van der Waals surface area contributed by atoms with E-state index in [9.17, 15) is 0 Å². The van der Waals surface area contributed by atoms with Gasteiger partial charge in [0.25, 0.3) is 0 Å². The van der Waals surface area contributed by atoms with Gasteiger partial charge in [0.05, 0.1) is 0 Å². The highest BCUT2D eigenvalue weighted by atomic mass is 32.2. The molecule has 0 fully saturated rings. The van der Waals surface area contributed by atoms with Gasteiger partial charge in [0, 0.05) is 16.7 Å². The minimum Gasteiger partial charge on any atom is -0.185 e. The third kappa shape index (κ3) is 3.43. The van der Waals surface area contributed by atoms with Gasteiger partial charge < -0.3 is 0 Å². The average molecular weight is 144 g/mol. The fraction of sp³-hybridized carbons (Fsp3) is 0. The Hall–Kier alpha value is -0.760. The fourth-order valence-corrected chi connectivity index (χ4v) is 0.400. The van der Waals surface area contributed by atoms with Crippen LogP contribution in [0.2, 0.25) is 0 Å². The molecule has 0 heterocycles. The van der Waals surface area contributed by atoms with Crippen LogP contribution in [0.3, 0.4) is 0 Å². The topological polar surface area (TPSA) is 72.5 Å². The Labute approximate surface area is 55.1 Å². The Balaban J connectivity index is 3.70. The molecule has 4 nitrogen and oxygen atoms in total. The van der Waals surface area contributed by atoms with Crippen molar-refractivity contribution in [3.05, 3.63) is 10.4 Å². The van der Waals surface area contributed by atoms with Gasteiger partial charge in [-0.25, -0.2) is 0 Å². The number of hydrogen-bond donors (Lipinski definition) is 0. The maximum absolute atomic E-state index is 7.91. The molecule has 0 aliphatic rings. The number of nitrogens with zero attached hydrogens (tertiary/aromatic N) is 4. The summed E-state index contributed by atoms with van der Waals surface area (Å²) in [6, 6.07) is 0. The maximum Gasteiger partial charge on any atom is 0.148 e. The van der Waals surface area contributed by atoms with E-state index < -0.39 is 0 Å². The molecule has 0 radical (unpaired) electrons. The van der Waals surface area contributed by atoms with Crippen molar-refractivity contribution >= 4 is 28.3 Å². The van der Waals surface area contributed by atoms with E-state index >= 15 is 0 Å². The summed E-state index contributed by atoms with van der Waals surface area (Å²) < 4.78 is 0.00926. The Morgan fingerprint density at radius 2 is 2.62 bits per heavy atom. The van der Waals surface area contributed by atoms with Gasteiger partial charge >= 0.3 is 0 Å². The largest absolute Gasteiger partial charge is 0.185 e. The lowest BCUT2D eigenvalue weighted by Gasteiger charge is -1.75. The van der Waals surface area contributed by atoms with Crippen LogP contribution < -0.4 is 0 Å². The molecule has 0 unspecified atom stereocenters. The molecule has 0 aromatic carbocycles. The van der Waals surface area contributed by atoms with E-state index in [1.807, 2.05) is 0 Å². The van der Waals surface area contributed by atoms with Crippen LogP contribution in [0.4, 0.5) is 0 Å². The monoisotopic (exact) mass is 144 g/mol. The van der Waals surface area contributed by atoms with Crippen LogP contribution in [0.25, 0.3) is 10.4 Å². The first kappa shape index (κ1) is 7.24. The van der Waals surface area contributed by atoms with Gasteiger partial charge in [-0.2, -0.15) is 5.26 Å². The lowest BCUT2D eigenvalue weighted by Crippen LogP contribution is -1.70. The third-order valence-electron chi connectivity index (χ3n) is 0.259. The standard InChI is InChI=1S/C2N4S2/c3-1-8-2(7)5-6-4. The Morgan fingerprint density at radius 3 is 3.00 bits per heavy atom. The number of rotatable bonds is 0. The molecule has 0 rings (SSSR count). The summed E-state index contributed by atoms with van der Waals surface area (Å²) in [7, 11) is 0. The predicted octanol–water partition coefficient (Wildman–Crippen LogP) is 1.80. The average Bonchev–Trinajstić information content (AvgIpc) is 1.68. The number of hydrogen-bond acceptors (Lipinski definition) is 3. The van der Waals surface area contributed by atoms with Crippen molar-refractivity contribution in [2.45, 2.75) is 0 Å². The summed E-state index contributed by atoms with van der Waals surface area (Å²) in [6.07, 6.45) is 0. The zero-order valence-corrected chi connectivity index (χ0v) is 5.24. The van der Waals surface area contributed by atoms with Crippen molar-refractivity contribution in [2.24, 2.45) is 5.11 Å². The molecule has 40 valence electrons. The summed E-state index contributed by atoms with van der Waals surface area (Å²) in [5, 5.41) is 12.5. The summed E-state index contributed by atoms with van der Waals surface area (Å²) in [6.45, 7) is 0. The van der Waals surface area contributed by atoms with Crippen LogP contribution in [0.15, 0.2) is 5.11 Å². The molecule has 0 aliphatic carbocycles. The van der Waals surface area contributed by atoms with E-state index in [4.69, 9.17) is 10.8 Å². The zero-order chi connectivity index (χ0) is 6.41. The van der Waals surface area contributed by atoms with Gasteiger partial charge in [-0.15, -0.1) is 0 Å². The van der Waals surface area contributed by atoms with Crippen LogP contribution in [0, 0.1) is 10.7 Å². The van der Waals surface area contributed by atoms with Crippen molar-refractivity contribution in [1.82, 2.24) is 0 Å². The fourth-order valence-electron chi connectivity index (χ4n) is 0.0960. The first-order valence-electron chi connectivity index (χ1n) is 1.46.